The minimum absolute atomic E-state index is 0.00682. The smallest absolute Gasteiger partial charge is 0.264 e. The lowest BCUT2D eigenvalue weighted by molar-refractivity contribution is -0.117. The summed E-state index contributed by atoms with van der Waals surface area (Å²) in [7, 11) is -4.02. The SMILES string of the molecule is O=C(Nc1ccc(N2CCOCC2)c(S(=O)(=O)Nc2cc(Cl)ccc2Cl)c1)C1CC1. The number of rotatable bonds is 6. The van der Waals surface area contributed by atoms with Gasteiger partial charge in [-0.3, -0.25) is 9.52 Å². The van der Waals surface area contributed by atoms with E-state index in [1.165, 1.54) is 18.2 Å². The van der Waals surface area contributed by atoms with E-state index in [4.69, 9.17) is 27.9 Å². The summed E-state index contributed by atoms with van der Waals surface area (Å²) < 4.78 is 34.6. The van der Waals surface area contributed by atoms with Crippen LogP contribution in [0.2, 0.25) is 10.0 Å². The van der Waals surface area contributed by atoms with Crippen LogP contribution in [-0.2, 0) is 19.6 Å². The van der Waals surface area contributed by atoms with Crippen LogP contribution >= 0.6 is 23.2 Å². The molecule has 1 heterocycles. The molecule has 7 nitrogen and oxygen atoms in total. The quantitative estimate of drug-likeness (QED) is 0.667. The van der Waals surface area contributed by atoms with Crippen molar-refractivity contribution in [2.45, 2.75) is 17.7 Å². The Balaban J connectivity index is 1.71. The maximum Gasteiger partial charge on any atom is 0.264 e. The van der Waals surface area contributed by atoms with Crippen LogP contribution in [0, 0.1) is 5.92 Å². The van der Waals surface area contributed by atoms with E-state index in [9.17, 15) is 13.2 Å². The minimum atomic E-state index is -4.02. The fraction of sp³-hybridized carbons (Fsp3) is 0.350. The van der Waals surface area contributed by atoms with Gasteiger partial charge in [-0.05, 0) is 49.2 Å². The average molecular weight is 470 g/mol. The Hall–Kier alpha value is -2.00. The third kappa shape index (κ3) is 4.83. The predicted octanol–water partition coefficient (Wildman–Crippen LogP) is 3.98. The van der Waals surface area contributed by atoms with Crippen molar-refractivity contribution in [2.24, 2.45) is 5.92 Å². The summed E-state index contributed by atoms with van der Waals surface area (Å²) in [5.74, 6) is -0.0873. The second kappa shape index (κ2) is 8.63. The van der Waals surface area contributed by atoms with Crippen molar-refractivity contribution in [3.8, 4) is 0 Å². The zero-order valence-corrected chi connectivity index (χ0v) is 18.4. The van der Waals surface area contributed by atoms with Crippen LogP contribution in [0.1, 0.15) is 12.8 Å². The van der Waals surface area contributed by atoms with Crippen molar-refractivity contribution < 1.29 is 17.9 Å². The fourth-order valence-electron chi connectivity index (χ4n) is 3.24. The molecule has 0 spiro atoms. The number of sulfonamides is 1. The number of anilines is 3. The summed E-state index contributed by atoms with van der Waals surface area (Å²) >= 11 is 12.2. The molecule has 2 fully saturated rings. The number of nitrogens with one attached hydrogen (secondary N) is 2. The average Bonchev–Trinajstić information content (AvgIpc) is 3.57. The number of nitrogens with zero attached hydrogens (tertiary/aromatic N) is 1. The number of carbonyl (C=O) groups is 1. The third-order valence-corrected chi connectivity index (χ3v) is 6.95. The summed E-state index contributed by atoms with van der Waals surface area (Å²) in [5.41, 5.74) is 1.15. The Morgan fingerprint density at radius 2 is 1.80 bits per heavy atom. The molecule has 1 aliphatic carbocycles. The molecular formula is C20H21Cl2N3O4S. The van der Waals surface area contributed by atoms with Crippen LogP contribution in [-0.4, -0.2) is 40.6 Å². The highest BCUT2D eigenvalue weighted by Gasteiger charge is 2.30. The van der Waals surface area contributed by atoms with Crippen molar-refractivity contribution in [1.82, 2.24) is 0 Å². The van der Waals surface area contributed by atoms with Crippen LogP contribution in [0.15, 0.2) is 41.3 Å². The Morgan fingerprint density at radius 1 is 1.07 bits per heavy atom. The largest absolute Gasteiger partial charge is 0.378 e. The molecule has 0 atom stereocenters. The van der Waals surface area contributed by atoms with E-state index in [1.54, 1.807) is 18.2 Å². The van der Waals surface area contributed by atoms with E-state index in [1.807, 2.05) is 4.90 Å². The first-order chi connectivity index (χ1) is 14.3. The van der Waals surface area contributed by atoms with Gasteiger partial charge in [0.1, 0.15) is 4.90 Å². The van der Waals surface area contributed by atoms with E-state index < -0.39 is 10.0 Å². The van der Waals surface area contributed by atoms with E-state index in [0.717, 1.165) is 12.8 Å². The number of halogens is 2. The van der Waals surface area contributed by atoms with Gasteiger partial charge in [-0.15, -0.1) is 0 Å². The second-order valence-corrected chi connectivity index (χ2v) is 9.77. The van der Waals surface area contributed by atoms with Gasteiger partial charge in [0.15, 0.2) is 0 Å². The van der Waals surface area contributed by atoms with Crippen molar-refractivity contribution in [1.29, 1.82) is 0 Å². The van der Waals surface area contributed by atoms with E-state index in [0.29, 0.717) is 42.7 Å². The predicted molar refractivity (Wildman–Crippen MR) is 118 cm³/mol. The van der Waals surface area contributed by atoms with Crippen molar-refractivity contribution in [2.75, 3.05) is 41.2 Å². The molecule has 0 aromatic heterocycles. The lowest BCUT2D eigenvalue weighted by atomic mass is 10.2. The van der Waals surface area contributed by atoms with E-state index >= 15 is 0 Å². The summed E-state index contributed by atoms with van der Waals surface area (Å²) in [6, 6.07) is 9.46. The lowest BCUT2D eigenvalue weighted by Gasteiger charge is -2.30. The summed E-state index contributed by atoms with van der Waals surface area (Å²) in [6.07, 6.45) is 1.72. The number of hydrogen-bond donors (Lipinski definition) is 2. The summed E-state index contributed by atoms with van der Waals surface area (Å²) in [4.78, 5) is 14.2. The Morgan fingerprint density at radius 3 is 2.50 bits per heavy atom. The van der Waals surface area contributed by atoms with Crippen LogP contribution in [0.25, 0.3) is 0 Å². The highest BCUT2D eigenvalue weighted by Crippen LogP contribution is 2.34. The Kier molecular flexibility index (Phi) is 6.11. The molecule has 0 unspecified atom stereocenters. The van der Waals surface area contributed by atoms with Crippen LogP contribution < -0.4 is 14.9 Å². The normalized spacial score (nSPS) is 16.9. The van der Waals surface area contributed by atoms with Gasteiger partial charge >= 0.3 is 0 Å². The number of carbonyl (C=O) groups excluding carboxylic acids is 1. The molecule has 0 radical (unpaired) electrons. The first kappa shape index (κ1) is 21.2. The maximum atomic E-state index is 13.3. The number of amides is 1. The summed E-state index contributed by atoms with van der Waals surface area (Å²) in [6.45, 7) is 2.14. The number of benzene rings is 2. The van der Waals surface area contributed by atoms with Gasteiger partial charge in [0.05, 0.1) is 29.6 Å². The van der Waals surface area contributed by atoms with Gasteiger partial charge < -0.3 is 15.0 Å². The van der Waals surface area contributed by atoms with E-state index in [2.05, 4.69) is 10.0 Å². The monoisotopic (exact) mass is 469 g/mol. The molecule has 0 bridgehead atoms. The van der Waals surface area contributed by atoms with Crippen LogP contribution in [0.3, 0.4) is 0 Å². The third-order valence-electron chi connectivity index (χ3n) is 4.99. The van der Waals surface area contributed by atoms with Crippen molar-refractivity contribution in [3.63, 3.8) is 0 Å². The molecular weight excluding hydrogens is 449 g/mol. The van der Waals surface area contributed by atoms with Crippen molar-refractivity contribution in [3.05, 3.63) is 46.4 Å². The highest BCUT2D eigenvalue weighted by atomic mass is 35.5. The molecule has 1 amide bonds. The summed E-state index contributed by atoms with van der Waals surface area (Å²) in [5, 5.41) is 3.40. The van der Waals surface area contributed by atoms with Gasteiger partial charge in [-0.1, -0.05) is 23.2 Å². The zero-order chi connectivity index (χ0) is 21.3. The van der Waals surface area contributed by atoms with Gasteiger partial charge in [0.25, 0.3) is 10.0 Å². The van der Waals surface area contributed by atoms with Crippen LogP contribution in [0.5, 0.6) is 0 Å². The number of ether oxygens (including phenoxy) is 1. The lowest BCUT2D eigenvalue weighted by Crippen LogP contribution is -2.37. The molecule has 1 aliphatic heterocycles. The van der Waals surface area contributed by atoms with Gasteiger partial charge in [-0.2, -0.15) is 0 Å². The molecule has 2 aromatic rings. The zero-order valence-electron chi connectivity index (χ0n) is 16.0. The molecule has 2 N–H and O–H groups in total. The molecule has 4 rings (SSSR count). The molecule has 1 saturated carbocycles. The van der Waals surface area contributed by atoms with Crippen molar-refractivity contribution >= 4 is 56.2 Å². The van der Waals surface area contributed by atoms with Gasteiger partial charge in [0.2, 0.25) is 5.91 Å². The van der Waals surface area contributed by atoms with E-state index in [-0.39, 0.29) is 27.4 Å². The molecule has 10 heteroatoms. The minimum Gasteiger partial charge on any atom is -0.378 e. The maximum absolute atomic E-state index is 13.3. The van der Waals surface area contributed by atoms with Gasteiger partial charge in [-0.25, -0.2) is 8.42 Å². The number of hydrogen-bond acceptors (Lipinski definition) is 5. The highest BCUT2D eigenvalue weighted by molar-refractivity contribution is 7.93. The number of morpholine rings is 1. The Bertz CT molecular complexity index is 1070. The van der Waals surface area contributed by atoms with Crippen LogP contribution in [0.4, 0.5) is 17.1 Å². The first-order valence-corrected chi connectivity index (χ1v) is 11.8. The second-order valence-electron chi connectivity index (χ2n) is 7.28. The molecule has 30 heavy (non-hydrogen) atoms. The fourth-order valence-corrected chi connectivity index (χ4v) is 4.95. The topological polar surface area (TPSA) is 87.7 Å². The molecule has 2 aliphatic rings. The first-order valence-electron chi connectivity index (χ1n) is 9.59. The molecule has 1 saturated heterocycles. The Labute approximate surface area is 185 Å². The standard InChI is InChI=1S/C20H21Cl2N3O4S/c21-14-3-5-16(22)17(11-14)24-30(27,28)19-12-15(23-20(26)13-1-2-13)4-6-18(19)25-7-9-29-10-8-25/h3-6,11-13,24H,1-2,7-10H2,(H,23,26). The molecule has 2 aromatic carbocycles. The molecule has 160 valence electrons. The van der Waals surface area contributed by atoms with Gasteiger partial charge in [0, 0.05) is 29.7 Å².